The number of nitrogens with two attached hydrogens (primary N) is 1. The van der Waals surface area contributed by atoms with Crippen LogP contribution in [0.15, 0.2) is 0 Å². The molecule has 18 heavy (non-hydrogen) atoms. The fourth-order valence-corrected chi connectivity index (χ4v) is 1.67. The molecule has 0 radical (unpaired) electrons. The molecule has 0 aromatic carbocycles. The fourth-order valence-electron chi connectivity index (χ4n) is 1.67. The van der Waals surface area contributed by atoms with Crippen molar-refractivity contribution in [3.8, 4) is 0 Å². The van der Waals surface area contributed by atoms with Gasteiger partial charge in [0.1, 0.15) is 6.04 Å². The Hall–Kier alpha value is -1.30. The van der Waals surface area contributed by atoms with Crippen LogP contribution < -0.4 is 11.1 Å². The maximum atomic E-state index is 12.3. The first-order valence-electron chi connectivity index (χ1n) is 6.39. The Morgan fingerprint density at radius 2 is 1.94 bits per heavy atom. The number of urea groups is 1. The molecule has 0 aliphatic carbocycles. The van der Waals surface area contributed by atoms with Crippen LogP contribution in [0.25, 0.3) is 0 Å². The van der Waals surface area contributed by atoms with Crippen molar-refractivity contribution in [3.05, 3.63) is 0 Å². The second kappa shape index (κ2) is 8.74. The third kappa shape index (κ3) is 5.86. The van der Waals surface area contributed by atoms with Gasteiger partial charge < -0.3 is 21.1 Å². The molecule has 0 aliphatic heterocycles. The third-order valence-corrected chi connectivity index (χ3v) is 2.69. The summed E-state index contributed by atoms with van der Waals surface area (Å²) >= 11 is 0. The van der Waals surface area contributed by atoms with Gasteiger partial charge in [-0.15, -0.1) is 0 Å². The Bertz CT molecular complexity index is 269. The van der Waals surface area contributed by atoms with Gasteiger partial charge in [0.15, 0.2) is 0 Å². The number of aliphatic hydroxyl groups is 1. The summed E-state index contributed by atoms with van der Waals surface area (Å²) in [5, 5.41) is 11.4. The standard InChI is InChI=1S/C12H25N3O3/c1-4-5-6-15(7-8-16)11(17)10(9(2)3)14-12(13)18/h9-10,16H,4-8H2,1-3H3,(H3,13,14,18). The number of rotatable bonds is 8. The predicted octanol–water partition coefficient (Wildman–Crippen LogP) is 0.300. The summed E-state index contributed by atoms with van der Waals surface area (Å²) in [6.45, 7) is 6.49. The summed E-state index contributed by atoms with van der Waals surface area (Å²) in [5.41, 5.74) is 5.07. The van der Waals surface area contributed by atoms with Crippen LogP contribution in [0.3, 0.4) is 0 Å². The Morgan fingerprint density at radius 1 is 1.33 bits per heavy atom. The van der Waals surface area contributed by atoms with Gasteiger partial charge in [-0.3, -0.25) is 4.79 Å². The molecule has 0 bridgehead atoms. The van der Waals surface area contributed by atoms with Crippen molar-refractivity contribution in [1.29, 1.82) is 0 Å². The van der Waals surface area contributed by atoms with E-state index in [2.05, 4.69) is 5.32 Å². The van der Waals surface area contributed by atoms with Crippen LogP contribution in [0.2, 0.25) is 0 Å². The average Bonchev–Trinajstić information content (AvgIpc) is 2.30. The average molecular weight is 259 g/mol. The minimum atomic E-state index is -0.707. The molecule has 6 nitrogen and oxygen atoms in total. The number of primary amides is 1. The summed E-state index contributed by atoms with van der Waals surface area (Å²) in [6.07, 6.45) is 1.83. The minimum absolute atomic E-state index is 0.0483. The molecule has 0 aromatic heterocycles. The van der Waals surface area contributed by atoms with Gasteiger partial charge in [-0.25, -0.2) is 4.79 Å². The van der Waals surface area contributed by atoms with Gasteiger partial charge in [0.25, 0.3) is 0 Å². The lowest BCUT2D eigenvalue weighted by Crippen LogP contribution is -2.53. The number of carbonyl (C=O) groups is 2. The first-order chi connectivity index (χ1) is 8.43. The first-order valence-corrected chi connectivity index (χ1v) is 6.39. The van der Waals surface area contributed by atoms with E-state index in [1.807, 2.05) is 20.8 Å². The summed E-state index contributed by atoms with van der Waals surface area (Å²) in [6, 6.07) is -1.34. The monoisotopic (exact) mass is 259 g/mol. The van der Waals surface area contributed by atoms with Crippen molar-refractivity contribution in [2.45, 2.75) is 39.7 Å². The molecule has 3 amide bonds. The van der Waals surface area contributed by atoms with Crippen molar-refractivity contribution >= 4 is 11.9 Å². The molecule has 0 saturated heterocycles. The highest BCUT2D eigenvalue weighted by Gasteiger charge is 2.27. The lowest BCUT2D eigenvalue weighted by Gasteiger charge is -2.29. The maximum absolute atomic E-state index is 12.3. The molecule has 1 atom stereocenters. The molecule has 4 N–H and O–H groups in total. The summed E-state index contributed by atoms with van der Waals surface area (Å²) in [4.78, 5) is 24.7. The van der Waals surface area contributed by atoms with Gasteiger partial charge in [-0.1, -0.05) is 27.2 Å². The van der Waals surface area contributed by atoms with Gasteiger partial charge in [-0.2, -0.15) is 0 Å². The molecule has 106 valence electrons. The molecule has 0 rings (SSSR count). The fraction of sp³-hybridized carbons (Fsp3) is 0.833. The first kappa shape index (κ1) is 16.7. The molecule has 0 aliphatic rings. The van der Waals surface area contributed by atoms with E-state index < -0.39 is 12.1 Å². The zero-order valence-corrected chi connectivity index (χ0v) is 11.5. The summed E-state index contributed by atoms with van der Waals surface area (Å²) in [5.74, 6) is -0.237. The Balaban J connectivity index is 4.70. The van der Waals surface area contributed by atoms with E-state index in [-0.39, 0.29) is 25.0 Å². The molecule has 0 saturated carbocycles. The highest BCUT2D eigenvalue weighted by atomic mass is 16.3. The van der Waals surface area contributed by atoms with Crippen molar-refractivity contribution in [2.75, 3.05) is 19.7 Å². The van der Waals surface area contributed by atoms with Gasteiger partial charge in [-0.05, 0) is 12.3 Å². The van der Waals surface area contributed by atoms with E-state index in [4.69, 9.17) is 10.8 Å². The van der Waals surface area contributed by atoms with Crippen LogP contribution in [-0.2, 0) is 4.79 Å². The zero-order chi connectivity index (χ0) is 14.1. The highest BCUT2D eigenvalue weighted by Crippen LogP contribution is 2.07. The van der Waals surface area contributed by atoms with E-state index in [0.29, 0.717) is 6.54 Å². The summed E-state index contributed by atoms with van der Waals surface area (Å²) < 4.78 is 0. The van der Waals surface area contributed by atoms with Crippen LogP contribution in [0.4, 0.5) is 4.79 Å². The van der Waals surface area contributed by atoms with E-state index in [9.17, 15) is 9.59 Å². The van der Waals surface area contributed by atoms with E-state index in [1.165, 1.54) is 0 Å². The quantitative estimate of drug-likeness (QED) is 0.585. The van der Waals surface area contributed by atoms with Gasteiger partial charge in [0.2, 0.25) is 5.91 Å². The Morgan fingerprint density at radius 3 is 2.33 bits per heavy atom. The SMILES string of the molecule is CCCCN(CCO)C(=O)C(NC(N)=O)C(C)C. The number of hydrogen-bond donors (Lipinski definition) is 3. The Labute approximate surface area is 109 Å². The molecule has 0 fully saturated rings. The summed E-state index contributed by atoms with van der Waals surface area (Å²) in [7, 11) is 0. The van der Waals surface area contributed by atoms with Crippen LogP contribution >= 0.6 is 0 Å². The topological polar surface area (TPSA) is 95.7 Å². The van der Waals surface area contributed by atoms with Crippen LogP contribution in [0, 0.1) is 5.92 Å². The predicted molar refractivity (Wildman–Crippen MR) is 69.9 cm³/mol. The number of hydrogen-bond acceptors (Lipinski definition) is 3. The maximum Gasteiger partial charge on any atom is 0.312 e. The Kier molecular flexibility index (Phi) is 8.11. The number of aliphatic hydroxyl groups excluding tert-OH is 1. The molecule has 0 spiro atoms. The van der Waals surface area contributed by atoms with Gasteiger partial charge >= 0.3 is 6.03 Å². The highest BCUT2D eigenvalue weighted by molar-refractivity contribution is 5.86. The van der Waals surface area contributed by atoms with Gasteiger partial charge in [0, 0.05) is 13.1 Å². The van der Waals surface area contributed by atoms with Crippen molar-refractivity contribution in [1.82, 2.24) is 10.2 Å². The van der Waals surface area contributed by atoms with Crippen molar-refractivity contribution < 1.29 is 14.7 Å². The number of amides is 3. The van der Waals surface area contributed by atoms with E-state index >= 15 is 0 Å². The number of nitrogens with zero attached hydrogens (tertiary/aromatic N) is 1. The second-order valence-corrected chi connectivity index (χ2v) is 4.63. The molecule has 0 heterocycles. The third-order valence-electron chi connectivity index (χ3n) is 2.69. The second-order valence-electron chi connectivity index (χ2n) is 4.63. The van der Waals surface area contributed by atoms with E-state index in [0.717, 1.165) is 12.8 Å². The molecular weight excluding hydrogens is 234 g/mol. The van der Waals surface area contributed by atoms with Crippen LogP contribution in [0.1, 0.15) is 33.6 Å². The number of nitrogens with one attached hydrogen (secondary N) is 1. The van der Waals surface area contributed by atoms with Crippen LogP contribution in [-0.4, -0.2) is 47.7 Å². The normalized spacial score (nSPS) is 12.3. The lowest BCUT2D eigenvalue weighted by molar-refractivity contribution is -0.134. The number of carbonyl (C=O) groups excluding carboxylic acids is 2. The molecule has 6 heteroatoms. The molecular formula is C12H25N3O3. The van der Waals surface area contributed by atoms with Gasteiger partial charge in [0.05, 0.1) is 6.61 Å². The van der Waals surface area contributed by atoms with E-state index in [1.54, 1.807) is 4.90 Å². The molecule has 1 unspecified atom stereocenters. The number of unbranched alkanes of at least 4 members (excludes halogenated alkanes) is 1. The van der Waals surface area contributed by atoms with Crippen LogP contribution in [0.5, 0.6) is 0 Å². The zero-order valence-electron chi connectivity index (χ0n) is 11.5. The van der Waals surface area contributed by atoms with Crippen molar-refractivity contribution in [2.24, 2.45) is 11.7 Å². The van der Waals surface area contributed by atoms with Crippen molar-refractivity contribution in [3.63, 3.8) is 0 Å². The molecule has 0 aromatic rings. The largest absolute Gasteiger partial charge is 0.395 e. The lowest BCUT2D eigenvalue weighted by atomic mass is 10.0. The smallest absolute Gasteiger partial charge is 0.312 e. The minimum Gasteiger partial charge on any atom is -0.395 e.